The molecule has 0 aliphatic rings. The zero-order valence-electron chi connectivity index (χ0n) is 9.87. The first-order valence-electron chi connectivity index (χ1n) is 5.83. The molecule has 0 unspecified atom stereocenters. The van der Waals surface area contributed by atoms with Crippen LogP contribution in [0.2, 0.25) is 0 Å². The Morgan fingerprint density at radius 3 is 2.81 bits per heavy atom. The molecule has 0 atom stereocenters. The van der Waals surface area contributed by atoms with E-state index in [9.17, 15) is 0 Å². The van der Waals surface area contributed by atoms with Crippen molar-refractivity contribution in [2.45, 2.75) is 32.9 Å². The Bertz CT molecular complexity index is 273. The van der Waals surface area contributed by atoms with Crippen LogP contribution in [-0.4, -0.2) is 24.9 Å². The van der Waals surface area contributed by atoms with Crippen LogP contribution in [0.4, 0.5) is 0 Å². The van der Waals surface area contributed by atoms with Gasteiger partial charge in [0.15, 0.2) is 0 Å². The second-order valence-corrected chi connectivity index (χ2v) is 3.67. The van der Waals surface area contributed by atoms with Gasteiger partial charge >= 0.3 is 0 Å². The van der Waals surface area contributed by atoms with Gasteiger partial charge in [-0.2, -0.15) is 0 Å². The van der Waals surface area contributed by atoms with E-state index in [1.54, 1.807) is 6.07 Å². The van der Waals surface area contributed by atoms with Gasteiger partial charge in [-0.15, -0.1) is 0 Å². The van der Waals surface area contributed by atoms with Crippen molar-refractivity contribution in [1.29, 1.82) is 0 Å². The molecule has 0 saturated carbocycles. The molecule has 0 aliphatic heterocycles. The highest BCUT2D eigenvalue weighted by atomic mass is 16.5. The fourth-order valence-corrected chi connectivity index (χ4v) is 1.36. The molecule has 0 saturated heterocycles. The second-order valence-electron chi connectivity index (χ2n) is 3.67. The Labute approximate surface area is 96.6 Å². The van der Waals surface area contributed by atoms with Crippen molar-refractivity contribution >= 4 is 0 Å². The Balaban J connectivity index is 1.98. The number of furan rings is 1. The summed E-state index contributed by atoms with van der Waals surface area (Å²) < 4.78 is 10.7. The monoisotopic (exact) mass is 227 g/mol. The van der Waals surface area contributed by atoms with Gasteiger partial charge in [-0.25, -0.2) is 0 Å². The fraction of sp³-hybridized carbons (Fsp3) is 0.667. The van der Waals surface area contributed by atoms with Crippen molar-refractivity contribution in [3.63, 3.8) is 0 Å². The minimum absolute atomic E-state index is 0.0368. The largest absolute Gasteiger partial charge is 0.462 e. The molecule has 92 valence electrons. The number of rotatable bonds is 9. The molecule has 0 amide bonds. The van der Waals surface area contributed by atoms with Crippen molar-refractivity contribution in [3.8, 4) is 0 Å². The summed E-state index contributed by atoms with van der Waals surface area (Å²) in [5, 5.41) is 12.1. The summed E-state index contributed by atoms with van der Waals surface area (Å²) in [7, 11) is 0. The maximum atomic E-state index is 8.81. The Kier molecular flexibility index (Phi) is 6.88. The molecule has 16 heavy (non-hydrogen) atoms. The van der Waals surface area contributed by atoms with E-state index in [2.05, 4.69) is 12.2 Å². The van der Waals surface area contributed by atoms with Crippen LogP contribution in [0.3, 0.4) is 0 Å². The summed E-state index contributed by atoms with van der Waals surface area (Å²) >= 11 is 0. The van der Waals surface area contributed by atoms with Crippen molar-refractivity contribution in [2.24, 2.45) is 0 Å². The Morgan fingerprint density at radius 2 is 2.12 bits per heavy atom. The molecule has 1 heterocycles. The molecule has 0 aromatic carbocycles. The van der Waals surface area contributed by atoms with Gasteiger partial charge in [0.05, 0.1) is 6.54 Å². The number of ether oxygens (including phenoxy) is 1. The van der Waals surface area contributed by atoms with E-state index in [4.69, 9.17) is 14.3 Å². The van der Waals surface area contributed by atoms with E-state index in [-0.39, 0.29) is 6.61 Å². The molecule has 1 aromatic heterocycles. The van der Waals surface area contributed by atoms with Crippen LogP contribution < -0.4 is 5.32 Å². The molecule has 0 radical (unpaired) electrons. The first-order valence-corrected chi connectivity index (χ1v) is 5.83. The zero-order valence-corrected chi connectivity index (χ0v) is 9.87. The maximum absolute atomic E-state index is 8.81. The van der Waals surface area contributed by atoms with E-state index >= 15 is 0 Å². The van der Waals surface area contributed by atoms with Crippen molar-refractivity contribution in [2.75, 3.05) is 19.8 Å². The third-order valence-corrected chi connectivity index (χ3v) is 2.16. The van der Waals surface area contributed by atoms with E-state index in [1.165, 1.54) is 0 Å². The molecule has 0 spiro atoms. The van der Waals surface area contributed by atoms with Crippen LogP contribution in [0.5, 0.6) is 0 Å². The molecule has 1 rings (SSSR count). The predicted octanol–water partition coefficient (Wildman–Crippen LogP) is 1.68. The van der Waals surface area contributed by atoms with Crippen LogP contribution in [0.1, 0.15) is 31.3 Å². The average Bonchev–Trinajstić information content (AvgIpc) is 2.76. The number of aliphatic hydroxyl groups is 1. The molecule has 4 heteroatoms. The van der Waals surface area contributed by atoms with Crippen LogP contribution in [0.25, 0.3) is 0 Å². The van der Waals surface area contributed by atoms with E-state index in [0.29, 0.717) is 12.3 Å². The van der Waals surface area contributed by atoms with Crippen LogP contribution in [0.15, 0.2) is 16.5 Å². The van der Waals surface area contributed by atoms with E-state index < -0.39 is 0 Å². The van der Waals surface area contributed by atoms with Crippen molar-refractivity contribution < 1.29 is 14.3 Å². The third-order valence-electron chi connectivity index (χ3n) is 2.16. The quantitative estimate of drug-likeness (QED) is 0.630. The zero-order chi connectivity index (χ0) is 11.6. The van der Waals surface area contributed by atoms with Gasteiger partial charge in [-0.05, 0) is 31.5 Å². The van der Waals surface area contributed by atoms with Gasteiger partial charge in [0.1, 0.15) is 18.1 Å². The highest BCUT2D eigenvalue weighted by Crippen LogP contribution is 2.06. The summed E-state index contributed by atoms with van der Waals surface area (Å²) in [5.41, 5.74) is 0. The van der Waals surface area contributed by atoms with Crippen LogP contribution >= 0.6 is 0 Å². The van der Waals surface area contributed by atoms with Gasteiger partial charge in [0.25, 0.3) is 0 Å². The van der Waals surface area contributed by atoms with Crippen molar-refractivity contribution in [1.82, 2.24) is 5.32 Å². The Hall–Kier alpha value is -0.840. The lowest BCUT2D eigenvalue weighted by Gasteiger charge is -2.03. The molecule has 0 fully saturated rings. The first-order chi connectivity index (χ1) is 7.86. The lowest BCUT2D eigenvalue weighted by atomic mass is 10.4. The number of nitrogens with one attached hydrogen (secondary N) is 1. The summed E-state index contributed by atoms with van der Waals surface area (Å²) in [5.74, 6) is 1.47. The smallest absolute Gasteiger partial charge is 0.129 e. The van der Waals surface area contributed by atoms with Gasteiger partial charge in [-0.3, -0.25) is 0 Å². The average molecular weight is 227 g/mol. The SMILES string of the molecule is CCCOCCCNCc1ccc(CO)o1. The maximum Gasteiger partial charge on any atom is 0.129 e. The van der Waals surface area contributed by atoms with Crippen molar-refractivity contribution in [3.05, 3.63) is 23.7 Å². The fourth-order valence-electron chi connectivity index (χ4n) is 1.36. The lowest BCUT2D eigenvalue weighted by Crippen LogP contribution is -2.16. The summed E-state index contributed by atoms with van der Waals surface area (Å²) in [6.07, 6.45) is 2.08. The standard InChI is InChI=1S/C12H21NO3/c1-2-7-15-8-3-6-13-9-11-4-5-12(10-14)16-11/h4-5,13-14H,2-3,6-10H2,1H3. The highest BCUT2D eigenvalue weighted by Gasteiger charge is 1.99. The van der Waals surface area contributed by atoms with Gasteiger partial charge in [0, 0.05) is 13.2 Å². The number of hydrogen-bond donors (Lipinski definition) is 2. The molecule has 1 aromatic rings. The molecule has 4 nitrogen and oxygen atoms in total. The molecule has 0 bridgehead atoms. The molecular formula is C12H21NO3. The normalized spacial score (nSPS) is 10.9. The lowest BCUT2D eigenvalue weighted by molar-refractivity contribution is 0.132. The summed E-state index contributed by atoms with van der Waals surface area (Å²) in [6, 6.07) is 3.67. The van der Waals surface area contributed by atoms with E-state index in [1.807, 2.05) is 6.07 Å². The highest BCUT2D eigenvalue weighted by molar-refractivity contribution is 5.05. The molecule has 0 aliphatic carbocycles. The summed E-state index contributed by atoms with van der Waals surface area (Å²) in [6.45, 7) is 5.34. The minimum Gasteiger partial charge on any atom is -0.462 e. The van der Waals surface area contributed by atoms with Crippen LogP contribution in [0, 0.1) is 0 Å². The van der Waals surface area contributed by atoms with Crippen LogP contribution in [-0.2, 0) is 17.9 Å². The van der Waals surface area contributed by atoms with Gasteiger partial charge in [0.2, 0.25) is 0 Å². The number of hydrogen-bond acceptors (Lipinski definition) is 4. The topological polar surface area (TPSA) is 54.6 Å². The Morgan fingerprint density at radius 1 is 1.31 bits per heavy atom. The second kappa shape index (κ2) is 8.33. The predicted molar refractivity (Wildman–Crippen MR) is 62.1 cm³/mol. The molecule has 2 N–H and O–H groups in total. The first kappa shape index (κ1) is 13.2. The van der Waals surface area contributed by atoms with Gasteiger partial charge < -0.3 is 19.6 Å². The number of aliphatic hydroxyl groups excluding tert-OH is 1. The summed E-state index contributed by atoms with van der Waals surface area (Å²) in [4.78, 5) is 0. The third kappa shape index (κ3) is 5.30. The minimum atomic E-state index is -0.0368. The van der Waals surface area contributed by atoms with Gasteiger partial charge in [-0.1, -0.05) is 6.92 Å². The molecular weight excluding hydrogens is 206 g/mol. The van der Waals surface area contributed by atoms with E-state index in [0.717, 1.165) is 38.4 Å².